The van der Waals surface area contributed by atoms with Crippen LogP contribution in [0.15, 0.2) is 212 Å². The van der Waals surface area contributed by atoms with E-state index >= 15 is 0 Å². The van der Waals surface area contributed by atoms with Crippen molar-refractivity contribution in [3.05, 3.63) is 223 Å². The molecule has 1 aliphatic rings. The summed E-state index contributed by atoms with van der Waals surface area (Å²) in [5.74, 6) is 0. The van der Waals surface area contributed by atoms with E-state index in [1.54, 1.807) is 0 Å². The van der Waals surface area contributed by atoms with Gasteiger partial charge < -0.3 is 4.90 Å². The molecule has 0 aliphatic heterocycles. The van der Waals surface area contributed by atoms with Gasteiger partial charge in [0.2, 0.25) is 0 Å². The number of nitrogens with zero attached hydrogens (tertiary/aromatic N) is 1. The average Bonchev–Trinajstić information content (AvgIpc) is 3.50. The monoisotopic (exact) mass is 715 g/mol. The van der Waals surface area contributed by atoms with E-state index in [4.69, 9.17) is 0 Å². The minimum atomic E-state index is -0.0354. The fraction of sp³-hybridized carbons (Fsp3) is 0.0545. The summed E-state index contributed by atoms with van der Waals surface area (Å²) < 4.78 is 0. The Morgan fingerprint density at radius 1 is 0.286 bits per heavy atom. The van der Waals surface area contributed by atoms with Gasteiger partial charge in [-0.2, -0.15) is 0 Å². The molecule has 0 saturated carbocycles. The summed E-state index contributed by atoms with van der Waals surface area (Å²) in [5.41, 5.74) is 18.5. The van der Waals surface area contributed by atoms with Gasteiger partial charge in [-0.1, -0.05) is 172 Å². The molecule has 0 bridgehead atoms. The molecule has 0 spiro atoms. The quantitative estimate of drug-likeness (QED) is 0.159. The molecule has 0 aromatic heterocycles. The second-order valence-electron chi connectivity index (χ2n) is 15.4. The molecular weight excluding hydrogens is 675 g/mol. The van der Waals surface area contributed by atoms with Gasteiger partial charge in [0.1, 0.15) is 0 Å². The lowest BCUT2D eigenvalue weighted by molar-refractivity contribution is 0.660. The van der Waals surface area contributed by atoms with E-state index in [0.717, 1.165) is 17.1 Å². The van der Waals surface area contributed by atoms with E-state index < -0.39 is 0 Å². The third-order valence-electron chi connectivity index (χ3n) is 11.7. The highest BCUT2D eigenvalue weighted by Gasteiger charge is 2.35. The molecule has 0 saturated heterocycles. The second-order valence-corrected chi connectivity index (χ2v) is 15.4. The second kappa shape index (κ2) is 13.7. The largest absolute Gasteiger partial charge is 0.310 e. The highest BCUT2D eigenvalue weighted by Crippen LogP contribution is 2.49. The lowest BCUT2D eigenvalue weighted by Crippen LogP contribution is -2.14. The molecule has 9 aromatic rings. The van der Waals surface area contributed by atoms with Crippen LogP contribution in [0.3, 0.4) is 0 Å². The summed E-state index contributed by atoms with van der Waals surface area (Å²) in [6, 6.07) is 77.6. The zero-order chi connectivity index (χ0) is 37.6. The highest BCUT2D eigenvalue weighted by molar-refractivity contribution is 5.89. The first kappa shape index (κ1) is 33.6. The molecule has 0 fully saturated rings. The maximum Gasteiger partial charge on any atom is 0.0467 e. The molecule has 10 rings (SSSR count). The van der Waals surface area contributed by atoms with Gasteiger partial charge in [-0.15, -0.1) is 0 Å². The molecule has 0 heterocycles. The van der Waals surface area contributed by atoms with E-state index in [9.17, 15) is 0 Å². The normalized spacial score (nSPS) is 12.6. The van der Waals surface area contributed by atoms with Crippen LogP contribution >= 0.6 is 0 Å². The Labute approximate surface area is 329 Å². The topological polar surface area (TPSA) is 3.24 Å². The zero-order valence-corrected chi connectivity index (χ0v) is 31.7. The molecule has 9 aromatic carbocycles. The third-order valence-corrected chi connectivity index (χ3v) is 11.7. The van der Waals surface area contributed by atoms with Gasteiger partial charge in [0.25, 0.3) is 0 Å². The van der Waals surface area contributed by atoms with E-state index in [0.29, 0.717) is 0 Å². The summed E-state index contributed by atoms with van der Waals surface area (Å²) >= 11 is 0. The summed E-state index contributed by atoms with van der Waals surface area (Å²) in [7, 11) is 0. The van der Waals surface area contributed by atoms with Crippen LogP contribution in [-0.4, -0.2) is 0 Å². The molecule has 1 aliphatic carbocycles. The minimum Gasteiger partial charge on any atom is -0.310 e. The molecular formula is C55H41N. The first-order chi connectivity index (χ1) is 27.5. The lowest BCUT2D eigenvalue weighted by atomic mass is 9.81. The molecule has 0 unspecified atom stereocenters. The van der Waals surface area contributed by atoms with E-state index in [1.165, 1.54) is 77.5 Å². The van der Waals surface area contributed by atoms with Crippen molar-refractivity contribution in [1.82, 2.24) is 0 Å². The maximum absolute atomic E-state index is 2.40. The predicted octanol–water partition coefficient (Wildman–Crippen LogP) is 15.3. The number of fused-ring (bicyclic) bond motifs is 4. The predicted molar refractivity (Wildman–Crippen MR) is 238 cm³/mol. The first-order valence-corrected chi connectivity index (χ1v) is 19.5. The SMILES string of the molecule is CC1(C)c2ccccc2-c2ccc(-c3ccc(N(c4ccc(-c5cccc(-c6ccc7ccccc7c6)c5)cc4)c4cccc(-c5ccccc5)c4)cc3)cc21. The molecule has 0 N–H and O–H groups in total. The summed E-state index contributed by atoms with van der Waals surface area (Å²) in [6.45, 7) is 4.69. The van der Waals surface area contributed by atoms with Gasteiger partial charge in [0.15, 0.2) is 0 Å². The Kier molecular flexibility index (Phi) is 8.23. The molecule has 56 heavy (non-hydrogen) atoms. The van der Waals surface area contributed by atoms with Gasteiger partial charge in [0, 0.05) is 22.5 Å². The average molecular weight is 716 g/mol. The van der Waals surface area contributed by atoms with Crippen LogP contribution in [-0.2, 0) is 5.41 Å². The highest BCUT2D eigenvalue weighted by atomic mass is 15.1. The van der Waals surface area contributed by atoms with Crippen molar-refractivity contribution < 1.29 is 0 Å². The third kappa shape index (κ3) is 5.99. The summed E-state index contributed by atoms with van der Waals surface area (Å²) in [6.07, 6.45) is 0. The van der Waals surface area contributed by atoms with Gasteiger partial charge in [0.05, 0.1) is 0 Å². The standard InChI is InChI=1S/C55H41N/c1-55(2)53-21-9-8-20-51(53)52-33-28-47(37-54(52)55)41-26-31-49(32-27-41)56(50-19-11-18-45(36-50)38-12-4-3-5-13-38)48-29-24-40(25-30-48)43-16-10-17-44(34-43)46-23-22-39-14-6-7-15-42(39)35-46/h3-37H,1-2H3. The van der Waals surface area contributed by atoms with Crippen molar-refractivity contribution in [3.8, 4) is 55.6 Å². The Hall–Kier alpha value is -6.96. The van der Waals surface area contributed by atoms with Crippen molar-refractivity contribution in [2.75, 3.05) is 4.90 Å². The van der Waals surface area contributed by atoms with Crippen molar-refractivity contribution in [1.29, 1.82) is 0 Å². The first-order valence-electron chi connectivity index (χ1n) is 19.5. The Morgan fingerprint density at radius 3 is 1.50 bits per heavy atom. The van der Waals surface area contributed by atoms with Crippen LogP contribution in [0.5, 0.6) is 0 Å². The number of hydrogen-bond donors (Lipinski definition) is 0. The number of rotatable bonds is 7. The van der Waals surface area contributed by atoms with Crippen molar-refractivity contribution in [3.63, 3.8) is 0 Å². The molecule has 0 radical (unpaired) electrons. The van der Waals surface area contributed by atoms with E-state index in [-0.39, 0.29) is 5.41 Å². The fourth-order valence-corrected chi connectivity index (χ4v) is 8.64. The molecule has 1 heteroatoms. The summed E-state index contributed by atoms with van der Waals surface area (Å²) in [4.78, 5) is 2.37. The van der Waals surface area contributed by atoms with E-state index in [1.807, 2.05) is 0 Å². The van der Waals surface area contributed by atoms with Gasteiger partial charge in [-0.05, 0) is 132 Å². The van der Waals surface area contributed by atoms with Crippen LogP contribution in [0.4, 0.5) is 17.1 Å². The van der Waals surface area contributed by atoms with Crippen molar-refractivity contribution in [2.45, 2.75) is 19.3 Å². The minimum absolute atomic E-state index is 0.0354. The lowest BCUT2D eigenvalue weighted by Gasteiger charge is -2.26. The number of anilines is 3. The molecule has 0 amide bonds. The Bertz CT molecular complexity index is 2860. The van der Waals surface area contributed by atoms with Crippen molar-refractivity contribution >= 4 is 27.8 Å². The summed E-state index contributed by atoms with van der Waals surface area (Å²) in [5, 5.41) is 2.52. The van der Waals surface area contributed by atoms with Gasteiger partial charge in [-0.25, -0.2) is 0 Å². The van der Waals surface area contributed by atoms with Gasteiger partial charge >= 0.3 is 0 Å². The van der Waals surface area contributed by atoms with Crippen LogP contribution < -0.4 is 4.90 Å². The van der Waals surface area contributed by atoms with Crippen LogP contribution in [0, 0.1) is 0 Å². The Morgan fingerprint density at radius 2 is 0.768 bits per heavy atom. The van der Waals surface area contributed by atoms with Gasteiger partial charge in [-0.3, -0.25) is 0 Å². The maximum atomic E-state index is 2.40. The van der Waals surface area contributed by atoms with E-state index in [2.05, 4.69) is 231 Å². The van der Waals surface area contributed by atoms with Crippen molar-refractivity contribution in [2.24, 2.45) is 0 Å². The van der Waals surface area contributed by atoms with Crippen LogP contribution in [0.2, 0.25) is 0 Å². The zero-order valence-electron chi connectivity index (χ0n) is 31.7. The number of benzene rings is 9. The smallest absolute Gasteiger partial charge is 0.0467 e. The number of hydrogen-bond acceptors (Lipinski definition) is 1. The fourth-order valence-electron chi connectivity index (χ4n) is 8.64. The van der Waals surface area contributed by atoms with Crippen LogP contribution in [0.25, 0.3) is 66.4 Å². The molecule has 0 atom stereocenters. The van der Waals surface area contributed by atoms with Crippen LogP contribution in [0.1, 0.15) is 25.0 Å². The molecule has 266 valence electrons. The Balaban J connectivity index is 1.00. The molecule has 1 nitrogen and oxygen atoms in total.